The molecule has 0 aliphatic heterocycles. The summed E-state index contributed by atoms with van der Waals surface area (Å²) in [7, 11) is 1.37. The molecule has 0 bridgehead atoms. The van der Waals surface area contributed by atoms with Gasteiger partial charge in [-0.05, 0) is 86.3 Å². The van der Waals surface area contributed by atoms with Crippen LogP contribution in [0.2, 0.25) is 0 Å². The Morgan fingerprint density at radius 3 is 2.24 bits per heavy atom. The van der Waals surface area contributed by atoms with Gasteiger partial charge >= 0.3 is 5.97 Å². The van der Waals surface area contributed by atoms with E-state index in [0.29, 0.717) is 6.42 Å². The lowest BCUT2D eigenvalue weighted by atomic mass is 10.2. The minimum atomic E-state index is -0.540. The van der Waals surface area contributed by atoms with Crippen molar-refractivity contribution >= 4 is 73.7 Å². The topological polar surface area (TPSA) is 35.5 Å². The number of carbonyl (C=O) groups excluding carboxylic acids is 1. The Labute approximate surface area is 141 Å². The minimum Gasteiger partial charge on any atom is -0.477 e. The Bertz CT molecular complexity index is 397. The van der Waals surface area contributed by atoms with Crippen molar-refractivity contribution < 1.29 is 14.3 Å². The zero-order chi connectivity index (χ0) is 13.0. The summed E-state index contributed by atoms with van der Waals surface area (Å²) in [5.41, 5.74) is 0. The monoisotopic (exact) mass is 572 g/mol. The van der Waals surface area contributed by atoms with Gasteiger partial charge in [0, 0.05) is 3.57 Å². The first-order valence-corrected chi connectivity index (χ1v) is 8.12. The lowest BCUT2D eigenvalue weighted by Crippen LogP contribution is -2.28. The number of carbonyl (C=O) groups is 1. The molecule has 3 nitrogen and oxygen atoms in total. The highest BCUT2D eigenvalue weighted by Crippen LogP contribution is 2.30. The molecule has 0 unspecified atom stereocenters. The van der Waals surface area contributed by atoms with E-state index >= 15 is 0 Å². The molecule has 0 saturated carbocycles. The second-order valence-electron chi connectivity index (χ2n) is 3.24. The summed E-state index contributed by atoms with van der Waals surface area (Å²) in [6, 6.07) is 4.03. The van der Waals surface area contributed by atoms with Crippen molar-refractivity contribution in [2.45, 2.75) is 19.4 Å². The highest BCUT2D eigenvalue weighted by molar-refractivity contribution is 14.1. The highest BCUT2D eigenvalue weighted by atomic mass is 127. The molecule has 1 rings (SSSR count). The second-order valence-corrected chi connectivity index (χ2v) is 6.81. The third-order valence-corrected chi connectivity index (χ3v) is 4.28. The van der Waals surface area contributed by atoms with Gasteiger partial charge in [0.25, 0.3) is 0 Å². The molecule has 0 aromatic heterocycles. The van der Waals surface area contributed by atoms with Crippen LogP contribution in [0.15, 0.2) is 12.1 Å². The maximum Gasteiger partial charge on any atom is 0.347 e. The molecule has 0 radical (unpaired) electrons. The van der Waals surface area contributed by atoms with Crippen LogP contribution in [0.4, 0.5) is 0 Å². The van der Waals surface area contributed by atoms with Gasteiger partial charge in [0.05, 0.1) is 14.3 Å². The van der Waals surface area contributed by atoms with E-state index in [2.05, 4.69) is 67.8 Å². The van der Waals surface area contributed by atoms with Crippen molar-refractivity contribution in [3.05, 3.63) is 22.8 Å². The maximum atomic E-state index is 11.5. The molecule has 1 aromatic rings. The smallest absolute Gasteiger partial charge is 0.347 e. The Morgan fingerprint density at radius 1 is 1.29 bits per heavy atom. The molecule has 0 saturated heterocycles. The van der Waals surface area contributed by atoms with Crippen molar-refractivity contribution in [2.75, 3.05) is 7.11 Å². The number of methoxy groups -OCH3 is 1. The summed E-state index contributed by atoms with van der Waals surface area (Å²) in [6.07, 6.45) is 0.0484. The first kappa shape index (κ1) is 15.7. The van der Waals surface area contributed by atoms with Crippen LogP contribution < -0.4 is 4.74 Å². The normalized spacial score (nSPS) is 12.1. The van der Waals surface area contributed by atoms with Crippen LogP contribution >= 0.6 is 67.8 Å². The summed E-state index contributed by atoms with van der Waals surface area (Å²) in [4.78, 5) is 11.5. The summed E-state index contributed by atoms with van der Waals surface area (Å²) in [6.45, 7) is 1.90. The van der Waals surface area contributed by atoms with Crippen molar-refractivity contribution in [1.82, 2.24) is 0 Å². The average Bonchev–Trinajstić information content (AvgIpc) is 2.27. The number of benzene rings is 1. The Balaban J connectivity index is 2.98. The molecule has 1 atom stereocenters. The van der Waals surface area contributed by atoms with Gasteiger partial charge < -0.3 is 9.47 Å². The van der Waals surface area contributed by atoms with Gasteiger partial charge in [0.2, 0.25) is 0 Å². The van der Waals surface area contributed by atoms with Gasteiger partial charge in [-0.1, -0.05) is 6.92 Å². The summed E-state index contributed by atoms with van der Waals surface area (Å²) in [5.74, 6) is 0.418. The first-order valence-electron chi connectivity index (χ1n) is 4.88. The zero-order valence-corrected chi connectivity index (χ0v) is 15.8. The van der Waals surface area contributed by atoms with Gasteiger partial charge in [-0.2, -0.15) is 0 Å². The summed E-state index contributed by atoms with van der Waals surface area (Å²) < 4.78 is 13.6. The molecule has 0 N–H and O–H groups in total. The Morgan fingerprint density at radius 2 is 1.82 bits per heavy atom. The van der Waals surface area contributed by atoms with Crippen molar-refractivity contribution in [3.8, 4) is 5.75 Å². The predicted molar refractivity (Wildman–Crippen MR) is 91.3 cm³/mol. The number of hydrogen-bond acceptors (Lipinski definition) is 3. The van der Waals surface area contributed by atoms with Crippen molar-refractivity contribution in [3.63, 3.8) is 0 Å². The van der Waals surface area contributed by atoms with Crippen LogP contribution in [0.5, 0.6) is 5.75 Å². The third kappa shape index (κ3) is 4.37. The molecule has 17 heavy (non-hydrogen) atoms. The molecule has 94 valence electrons. The molecular weight excluding hydrogens is 561 g/mol. The maximum absolute atomic E-state index is 11.5. The van der Waals surface area contributed by atoms with Gasteiger partial charge in [-0.25, -0.2) is 4.79 Å². The molecule has 0 fully saturated rings. The molecule has 0 spiro atoms. The van der Waals surface area contributed by atoms with Crippen LogP contribution in [0, 0.1) is 10.7 Å². The predicted octanol–water partition coefficient (Wildman–Crippen LogP) is 3.83. The average molecular weight is 572 g/mol. The standard InChI is InChI=1S/C11H11I3O3/c1-3-9(11(15)16-2)17-10-7(13)4-6(12)5-8(10)14/h4-5,9H,3H2,1-2H3/t9-/m0/s1. The Kier molecular flexibility index (Phi) is 6.77. The summed E-state index contributed by atoms with van der Waals surface area (Å²) in [5, 5.41) is 0. The van der Waals surface area contributed by atoms with Crippen LogP contribution in [0.3, 0.4) is 0 Å². The lowest BCUT2D eigenvalue weighted by molar-refractivity contribution is -0.149. The van der Waals surface area contributed by atoms with Gasteiger partial charge in [0.15, 0.2) is 6.10 Å². The van der Waals surface area contributed by atoms with Crippen LogP contribution in [-0.4, -0.2) is 19.2 Å². The van der Waals surface area contributed by atoms with Crippen molar-refractivity contribution in [2.24, 2.45) is 0 Å². The van der Waals surface area contributed by atoms with E-state index in [1.54, 1.807) is 0 Å². The lowest BCUT2D eigenvalue weighted by Gasteiger charge is -2.17. The zero-order valence-electron chi connectivity index (χ0n) is 9.30. The quantitative estimate of drug-likeness (QED) is 0.407. The largest absolute Gasteiger partial charge is 0.477 e. The van der Waals surface area contributed by atoms with Gasteiger partial charge in [-0.15, -0.1) is 0 Å². The first-order chi connectivity index (χ1) is 7.99. The van der Waals surface area contributed by atoms with E-state index in [1.165, 1.54) is 7.11 Å². The number of ether oxygens (including phenoxy) is 2. The molecule has 0 heterocycles. The SMILES string of the molecule is CC[C@H](Oc1c(I)cc(I)cc1I)C(=O)OC. The van der Waals surface area contributed by atoms with E-state index in [0.717, 1.165) is 16.5 Å². The Hall–Kier alpha value is 0.680. The van der Waals surface area contributed by atoms with E-state index < -0.39 is 6.10 Å². The van der Waals surface area contributed by atoms with Crippen molar-refractivity contribution in [1.29, 1.82) is 0 Å². The number of esters is 1. The fourth-order valence-corrected chi connectivity index (χ4v) is 5.05. The molecule has 6 heteroatoms. The number of rotatable bonds is 4. The van der Waals surface area contributed by atoms with E-state index in [-0.39, 0.29) is 5.97 Å². The van der Waals surface area contributed by atoms with Gasteiger partial charge in [0.1, 0.15) is 5.75 Å². The molecular formula is C11H11I3O3. The van der Waals surface area contributed by atoms with E-state index in [4.69, 9.17) is 9.47 Å². The van der Waals surface area contributed by atoms with Crippen LogP contribution in [0.1, 0.15) is 13.3 Å². The number of halogens is 3. The molecule has 0 aliphatic carbocycles. The molecule has 0 aliphatic rings. The van der Waals surface area contributed by atoms with E-state index in [1.807, 2.05) is 19.1 Å². The fourth-order valence-electron chi connectivity index (χ4n) is 1.21. The summed E-state index contributed by atoms with van der Waals surface area (Å²) >= 11 is 6.67. The third-order valence-electron chi connectivity index (χ3n) is 2.06. The van der Waals surface area contributed by atoms with E-state index in [9.17, 15) is 4.79 Å². The van der Waals surface area contributed by atoms with Crippen LogP contribution in [-0.2, 0) is 9.53 Å². The number of hydrogen-bond donors (Lipinski definition) is 0. The second kappa shape index (κ2) is 7.31. The molecule has 1 aromatic carbocycles. The van der Waals surface area contributed by atoms with Crippen LogP contribution in [0.25, 0.3) is 0 Å². The minimum absolute atomic E-state index is 0.336. The molecule has 0 amide bonds. The highest BCUT2D eigenvalue weighted by Gasteiger charge is 2.21. The van der Waals surface area contributed by atoms with Gasteiger partial charge in [-0.3, -0.25) is 0 Å². The fraction of sp³-hybridized carbons (Fsp3) is 0.364.